The predicted molar refractivity (Wildman–Crippen MR) is 102 cm³/mol. The summed E-state index contributed by atoms with van der Waals surface area (Å²) in [6.07, 6.45) is 7.50. The van der Waals surface area contributed by atoms with E-state index >= 15 is 0 Å². The van der Waals surface area contributed by atoms with Crippen LogP contribution in [-0.4, -0.2) is 39.7 Å². The van der Waals surface area contributed by atoms with E-state index in [9.17, 15) is 5.11 Å². The van der Waals surface area contributed by atoms with E-state index in [0.29, 0.717) is 5.92 Å². The molecule has 0 saturated heterocycles. The van der Waals surface area contributed by atoms with Crippen LogP contribution < -0.4 is 5.32 Å². The second-order valence-electron chi connectivity index (χ2n) is 8.40. The Morgan fingerprint density at radius 2 is 2.00 bits per heavy atom. The molecule has 0 radical (unpaired) electrons. The predicted octanol–water partition coefficient (Wildman–Crippen LogP) is 4.12. The minimum absolute atomic E-state index is 0.101. The van der Waals surface area contributed by atoms with Gasteiger partial charge in [-0.15, -0.1) is 0 Å². The summed E-state index contributed by atoms with van der Waals surface area (Å²) >= 11 is 0. The van der Waals surface area contributed by atoms with Crippen molar-refractivity contribution in [2.75, 3.05) is 26.3 Å². The molecule has 0 spiro atoms. The van der Waals surface area contributed by atoms with Crippen LogP contribution in [0.4, 0.5) is 0 Å². The largest absolute Gasteiger partial charge is 0.416 e. The van der Waals surface area contributed by atoms with Gasteiger partial charge in [0, 0.05) is 31.0 Å². The molecule has 0 aromatic rings. The SMILES string of the molecule is CC/C=C\C=C1/[C@@H](CO)C1(C)CNCCO[Si](C)(C)C(C)(C)C. The lowest BCUT2D eigenvalue weighted by molar-refractivity contribution is 0.247. The molecule has 134 valence electrons. The monoisotopic (exact) mass is 339 g/mol. The van der Waals surface area contributed by atoms with Gasteiger partial charge >= 0.3 is 0 Å². The summed E-state index contributed by atoms with van der Waals surface area (Å²) in [6, 6.07) is 0. The fourth-order valence-corrected chi connectivity index (χ4v) is 3.73. The third-order valence-electron chi connectivity index (χ3n) is 5.59. The molecule has 1 unspecified atom stereocenters. The first-order chi connectivity index (χ1) is 10.6. The third-order valence-corrected chi connectivity index (χ3v) is 10.1. The van der Waals surface area contributed by atoms with Crippen LogP contribution in [0.1, 0.15) is 41.0 Å². The van der Waals surface area contributed by atoms with E-state index in [-0.39, 0.29) is 17.1 Å². The van der Waals surface area contributed by atoms with E-state index in [1.807, 2.05) is 0 Å². The average Bonchev–Trinajstić information content (AvgIpc) is 3.01. The quantitative estimate of drug-likeness (QED) is 0.490. The second-order valence-corrected chi connectivity index (χ2v) is 13.2. The Labute approximate surface area is 144 Å². The summed E-state index contributed by atoms with van der Waals surface area (Å²) in [5.74, 6) is 0.304. The molecule has 1 rings (SSSR count). The Kier molecular flexibility index (Phi) is 7.27. The zero-order chi connectivity index (χ0) is 17.7. The molecule has 2 atom stereocenters. The van der Waals surface area contributed by atoms with Crippen LogP contribution in [-0.2, 0) is 4.43 Å². The lowest BCUT2D eigenvalue weighted by Gasteiger charge is -2.36. The van der Waals surface area contributed by atoms with Crippen molar-refractivity contribution < 1.29 is 9.53 Å². The van der Waals surface area contributed by atoms with Crippen LogP contribution in [0.15, 0.2) is 23.8 Å². The first-order valence-electron chi connectivity index (χ1n) is 8.93. The number of hydrogen-bond acceptors (Lipinski definition) is 3. The third kappa shape index (κ3) is 5.28. The van der Waals surface area contributed by atoms with Gasteiger partial charge < -0.3 is 14.8 Å². The van der Waals surface area contributed by atoms with Crippen molar-refractivity contribution in [3.05, 3.63) is 23.8 Å². The van der Waals surface area contributed by atoms with Crippen molar-refractivity contribution in [2.24, 2.45) is 11.3 Å². The summed E-state index contributed by atoms with van der Waals surface area (Å²) in [5.41, 5.74) is 1.46. The molecular formula is C19H37NO2Si. The van der Waals surface area contributed by atoms with E-state index in [1.165, 1.54) is 5.57 Å². The van der Waals surface area contributed by atoms with Gasteiger partial charge in [0.2, 0.25) is 0 Å². The molecule has 0 heterocycles. The Morgan fingerprint density at radius 1 is 1.35 bits per heavy atom. The molecule has 1 fully saturated rings. The Hall–Kier alpha value is -0.423. The van der Waals surface area contributed by atoms with E-state index in [4.69, 9.17) is 4.43 Å². The molecular weight excluding hydrogens is 302 g/mol. The number of aliphatic hydroxyl groups excluding tert-OH is 1. The van der Waals surface area contributed by atoms with Crippen LogP contribution in [0.5, 0.6) is 0 Å². The van der Waals surface area contributed by atoms with E-state index < -0.39 is 8.32 Å². The molecule has 0 aliphatic heterocycles. The highest BCUT2D eigenvalue weighted by atomic mass is 28.4. The van der Waals surface area contributed by atoms with Gasteiger partial charge in [0.1, 0.15) is 0 Å². The zero-order valence-corrected chi connectivity index (χ0v) is 17.2. The highest BCUT2D eigenvalue weighted by Crippen LogP contribution is 2.57. The molecule has 3 nitrogen and oxygen atoms in total. The standard InChI is InChI=1S/C19H37NO2Si/c1-8-9-10-11-16-17(14-21)19(16,5)15-20-12-13-22-23(6,7)18(2,3)4/h9-11,17,20-21H,8,12-15H2,1-7H3/b10-9-,16-11+/t17-,19?/m1/s1. The van der Waals surface area contributed by atoms with Gasteiger partial charge in [0.05, 0.1) is 6.61 Å². The maximum absolute atomic E-state index is 9.56. The van der Waals surface area contributed by atoms with Gasteiger partial charge in [0.15, 0.2) is 8.32 Å². The maximum Gasteiger partial charge on any atom is 0.192 e. The fourth-order valence-electron chi connectivity index (χ4n) is 2.68. The number of nitrogens with one attached hydrogen (secondary N) is 1. The topological polar surface area (TPSA) is 41.5 Å². The second kappa shape index (κ2) is 8.10. The van der Waals surface area contributed by atoms with Gasteiger partial charge in [-0.05, 0) is 24.6 Å². The minimum Gasteiger partial charge on any atom is -0.416 e. The van der Waals surface area contributed by atoms with Crippen molar-refractivity contribution in [1.29, 1.82) is 0 Å². The number of hydrogen-bond donors (Lipinski definition) is 2. The molecule has 0 amide bonds. The van der Waals surface area contributed by atoms with E-state index in [0.717, 1.165) is 26.1 Å². The average molecular weight is 340 g/mol. The Bertz CT molecular complexity index is 437. The molecule has 0 aromatic carbocycles. The van der Waals surface area contributed by atoms with Crippen LogP contribution in [0.2, 0.25) is 18.1 Å². The lowest BCUT2D eigenvalue weighted by atomic mass is 10.1. The van der Waals surface area contributed by atoms with Crippen molar-refractivity contribution in [3.8, 4) is 0 Å². The molecule has 1 saturated carbocycles. The van der Waals surface area contributed by atoms with Crippen molar-refractivity contribution in [1.82, 2.24) is 5.32 Å². The normalized spacial score (nSPS) is 27.1. The molecule has 2 N–H and O–H groups in total. The van der Waals surface area contributed by atoms with E-state index in [2.05, 4.69) is 71.3 Å². The van der Waals surface area contributed by atoms with Gasteiger partial charge in [-0.3, -0.25) is 0 Å². The number of rotatable bonds is 9. The van der Waals surface area contributed by atoms with Gasteiger partial charge in [-0.25, -0.2) is 0 Å². The fraction of sp³-hybridized carbons (Fsp3) is 0.789. The number of allylic oxidation sites excluding steroid dienone is 3. The summed E-state index contributed by atoms with van der Waals surface area (Å²) < 4.78 is 6.19. The van der Waals surface area contributed by atoms with Crippen LogP contribution in [0.25, 0.3) is 0 Å². The molecule has 1 aliphatic carbocycles. The van der Waals surface area contributed by atoms with Gasteiger partial charge in [-0.2, -0.15) is 0 Å². The van der Waals surface area contributed by atoms with Crippen molar-refractivity contribution in [2.45, 2.75) is 59.2 Å². The van der Waals surface area contributed by atoms with Gasteiger partial charge in [0.25, 0.3) is 0 Å². The first-order valence-corrected chi connectivity index (χ1v) is 11.8. The highest BCUT2D eigenvalue weighted by Gasteiger charge is 2.54. The maximum atomic E-state index is 9.56. The summed E-state index contributed by atoms with van der Waals surface area (Å²) in [4.78, 5) is 0. The zero-order valence-electron chi connectivity index (χ0n) is 16.2. The smallest absolute Gasteiger partial charge is 0.192 e. The van der Waals surface area contributed by atoms with Crippen LogP contribution in [0, 0.1) is 11.3 Å². The first kappa shape index (κ1) is 20.6. The Morgan fingerprint density at radius 3 is 2.52 bits per heavy atom. The molecule has 1 aliphatic rings. The lowest BCUT2D eigenvalue weighted by Crippen LogP contribution is -2.42. The minimum atomic E-state index is -1.64. The summed E-state index contributed by atoms with van der Waals surface area (Å²) in [7, 11) is -1.64. The van der Waals surface area contributed by atoms with Crippen LogP contribution >= 0.6 is 0 Å². The molecule has 4 heteroatoms. The molecule has 23 heavy (non-hydrogen) atoms. The van der Waals surface area contributed by atoms with Crippen molar-refractivity contribution >= 4 is 8.32 Å². The molecule has 0 bridgehead atoms. The Balaban J connectivity index is 2.38. The molecule has 0 aromatic heterocycles. The van der Waals surface area contributed by atoms with E-state index in [1.54, 1.807) is 0 Å². The van der Waals surface area contributed by atoms with Crippen molar-refractivity contribution in [3.63, 3.8) is 0 Å². The van der Waals surface area contributed by atoms with Gasteiger partial charge in [-0.1, -0.05) is 58.4 Å². The highest BCUT2D eigenvalue weighted by molar-refractivity contribution is 6.74. The van der Waals surface area contributed by atoms with Crippen LogP contribution in [0.3, 0.4) is 0 Å². The summed E-state index contributed by atoms with van der Waals surface area (Å²) in [6.45, 7) is 18.5. The summed E-state index contributed by atoms with van der Waals surface area (Å²) in [5, 5.41) is 13.3. The number of aliphatic hydroxyl groups is 1.